The number of rotatable bonds is 8. The Morgan fingerprint density at radius 3 is 1.75 bits per heavy atom. The first-order valence-electron chi connectivity index (χ1n) is 22.4. The maximum absolute atomic E-state index is 3.24. The van der Waals surface area contributed by atoms with Crippen molar-refractivity contribution < 1.29 is 0 Å². The van der Waals surface area contributed by atoms with Crippen LogP contribution in [0.4, 0.5) is 17.1 Å². The zero-order valence-electron chi connectivity index (χ0n) is 34.6. The molecule has 3 saturated carbocycles. The second-order valence-electron chi connectivity index (χ2n) is 18.6. The van der Waals surface area contributed by atoms with Crippen LogP contribution < -0.4 is 4.90 Å². The number of hydrogen-bond donors (Lipinski definition) is 0. The van der Waals surface area contributed by atoms with Gasteiger partial charge in [-0.15, -0.1) is 0 Å². The van der Waals surface area contributed by atoms with Crippen molar-refractivity contribution in [3.8, 4) is 44.5 Å². The number of nitrogens with zero attached hydrogens (tertiary/aromatic N) is 1. The summed E-state index contributed by atoms with van der Waals surface area (Å²) >= 11 is 0. The van der Waals surface area contributed by atoms with Crippen molar-refractivity contribution in [3.05, 3.63) is 186 Å². The van der Waals surface area contributed by atoms with E-state index in [0.717, 1.165) is 28.9 Å². The Morgan fingerprint density at radius 1 is 0.508 bits per heavy atom. The zero-order chi connectivity index (χ0) is 39.5. The quantitative estimate of drug-likeness (QED) is 0.149. The fourth-order valence-corrected chi connectivity index (χ4v) is 11.6. The zero-order valence-corrected chi connectivity index (χ0v) is 34.6. The summed E-state index contributed by atoms with van der Waals surface area (Å²) in [4.78, 5) is 2.47. The van der Waals surface area contributed by atoms with Gasteiger partial charge in [0.25, 0.3) is 0 Å². The molecule has 59 heavy (non-hydrogen) atoms. The Bertz CT molecular complexity index is 2590. The molecule has 4 aliphatic carbocycles. The molecule has 4 aliphatic rings. The van der Waals surface area contributed by atoms with Crippen LogP contribution in [0.5, 0.6) is 0 Å². The molecule has 0 saturated heterocycles. The number of anilines is 3. The lowest BCUT2D eigenvalue weighted by Crippen LogP contribution is -2.16. The molecular formula is C58H53N. The van der Waals surface area contributed by atoms with Gasteiger partial charge in [-0.2, -0.15) is 0 Å². The van der Waals surface area contributed by atoms with Gasteiger partial charge in [-0.05, 0) is 172 Å². The molecule has 1 nitrogen and oxygen atoms in total. The van der Waals surface area contributed by atoms with Crippen molar-refractivity contribution in [1.29, 1.82) is 0 Å². The molecule has 0 radical (unpaired) electrons. The summed E-state index contributed by atoms with van der Waals surface area (Å²) in [5, 5.41) is 0. The lowest BCUT2D eigenvalue weighted by molar-refractivity contribution is 0.420. The van der Waals surface area contributed by atoms with Crippen LogP contribution in [0.1, 0.15) is 106 Å². The van der Waals surface area contributed by atoms with Crippen molar-refractivity contribution >= 4 is 17.1 Å². The van der Waals surface area contributed by atoms with Crippen LogP contribution in [0.3, 0.4) is 0 Å². The molecule has 3 unspecified atom stereocenters. The van der Waals surface area contributed by atoms with E-state index in [1.54, 1.807) is 5.56 Å². The summed E-state index contributed by atoms with van der Waals surface area (Å²) in [6.07, 6.45) is 12.4. The molecule has 2 bridgehead atoms. The van der Waals surface area contributed by atoms with Crippen LogP contribution in [0.15, 0.2) is 152 Å². The van der Waals surface area contributed by atoms with Crippen molar-refractivity contribution in [2.45, 2.75) is 88.9 Å². The van der Waals surface area contributed by atoms with E-state index in [4.69, 9.17) is 0 Å². The number of benzene rings is 6. The Hall–Kier alpha value is -5.84. The third kappa shape index (κ3) is 6.59. The van der Waals surface area contributed by atoms with Gasteiger partial charge in [-0.1, -0.05) is 149 Å². The summed E-state index contributed by atoms with van der Waals surface area (Å²) in [5.41, 5.74) is 19.2. The van der Waals surface area contributed by atoms with E-state index in [9.17, 15) is 0 Å². The molecule has 11 rings (SSSR count). The Balaban J connectivity index is 0.915. The molecule has 0 amide bonds. The summed E-state index contributed by atoms with van der Waals surface area (Å²) in [6.45, 7) is 4.80. The number of hydrogen-bond acceptors (Lipinski definition) is 1. The monoisotopic (exact) mass is 763 g/mol. The van der Waals surface area contributed by atoms with Gasteiger partial charge in [0, 0.05) is 28.0 Å². The maximum atomic E-state index is 3.24. The van der Waals surface area contributed by atoms with Crippen molar-refractivity contribution in [2.75, 3.05) is 4.90 Å². The average molecular weight is 764 g/mol. The highest BCUT2D eigenvalue weighted by molar-refractivity contribution is 5.87. The van der Waals surface area contributed by atoms with Crippen molar-refractivity contribution in [1.82, 2.24) is 0 Å². The van der Waals surface area contributed by atoms with Gasteiger partial charge in [0.1, 0.15) is 0 Å². The fourth-order valence-electron chi connectivity index (χ4n) is 11.6. The lowest BCUT2D eigenvalue weighted by Gasteiger charge is -2.29. The molecule has 7 aromatic carbocycles. The Kier molecular flexibility index (Phi) is 9.07. The molecule has 7 aromatic rings. The van der Waals surface area contributed by atoms with Gasteiger partial charge in [-0.3, -0.25) is 0 Å². The van der Waals surface area contributed by atoms with Gasteiger partial charge < -0.3 is 4.90 Å². The van der Waals surface area contributed by atoms with E-state index in [0.29, 0.717) is 5.92 Å². The highest BCUT2D eigenvalue weighted by atomic mass is 15.1. The minimum atomic E-state index is -0.157. The summed E-state index contributed by atoms with van der Waals surface area (Å²) < 4.78 is 0. The normalized spacial score (nSPS) is 20.2. The van der Waals surface area contributed by atoms with Crippen molar-refractivity contribution in [3.63, 3.8) is 0 Å². The SMILES string of the molecule is CC1(C)c2cc(-c3ccc(-c4c#cccc4)cc3)ccc2-c2ccc(N(c3ccc(-c4ccc(C5CC6CCC5C6)cc4)cc3)c3ccc(C4CCCCC4)cc3)cc21. The molecule has 0 N–H and O–H groups in total. The van der Waals surface area contributed by atoms with Gasteiger partial charge >= 0.3 is 0 Å². The first-order chi connectivity index (χ1) is 29.0. The molecule has 0 aromatic heterocycles. The van der Waals surface area contributed by atoms with Gasteiger partial charge in [-0.25, -0.2) is 0 Å². The van der Waals surface area contributed by atoms with E-state index in [1.165, 1.54) is 125 Å². The number of fused-ring (bicyclic) bond motifs is 5. The highest BCUT2D eigenvalue weighted by Crippen LogP contribution is 2.54. The molecule has 0 spiro atoms. The van der Waals surface area contributed by atoms with E-state index in [2.05, 4.69) is 170 Å². The molecule has 3 fully saturated rings. The van der Waals surface area contributed by atoms with Gasteiger partial charge in [0.2, 0.25) is 0 Å². The third-order valence-electron chi connectivity index (χ3n) is 14.9. The van der Waals surface area contributed by atoms with Gasteiger partial charge in [0.05, 0.1) is 0 Å². The molecular weight excluding hydrogens is 711 g/mol. The third-order valence-corrected chi connectivity index (χ3v) is 14.9. The van der Waals surface area contributed by atoms with Crippen molar-refractivity contribution in [2.24, 2.45) is 11.8 Å². The van der Waals surface area contributed by atoms with Gasteiger partial charge in [0.15, 0.2) is 0 Å². The average Bonchev–Trinajstić information content (AvgIpc) is 4.00. The van der Waals surface area contributed by atoms with E-state index < -0.39 is 0 Å². The summed E-state index contributed by atoms with van der Waals surface area (Å²) in [5.74, 6) is 3.33. The fraction of sp³-hybridized carbons (Fsp3) is 0.276. The molecule has 0 aliphatic heterocycles. The lowest BCUT2D eigenvalue weighted by atomic mass is 9.81. The topological polar surface area (TPSA) is 3.24 Å². The van der Waals surface area contributed by atoms with E-state index in [1.807, 2.05) is 12.1 Å². The van der Waals surface area contributed by atoms with Crippen LogP contribution in [-0.4, -0.2) is 0 Å². The Labute approximate surface area is 351 Å². The highest BCUT2D eigenvalue weighted by Gasteiger charge is 2.40. The van der Waals surface area contributed by atoms with Crippen LogP contribution >= 0.6 is 0 Å². The van der Waals surface area contributed by atoms with E-state index >= 15 is 0 Å². The summed E-state index contributed by atoms with van der Waals surface area (Å²) in [6, 6.07) is 63.9. The molecule has 0 heterocycles. The molecule has 3 atom stereocenters. The van der Waals surface area contributed by atoms with Crippen LogP contribution in [0.2, 0.25) is 0 Å². The largest absolute Gasteiger partial charge is 0.310 e. The minimum absolute atomic E-state index is 0.157. The second kappa shape index (κ2) is 14.8. The molecule has 290 valence electrons. The summed E-state index contributed by atoms with van der Waals surface area (Å²) in [7, 11) is 0. The van der Waals surface area contributed by atoms with E-state index in [-0.39, 0.29) is 5.41 Å². The smallest absolute Gasteiger partial charge is 0.0465 e. The molecule has 1 heteroatoms. The predicted octanol–water partition coefficient (Wildman–Crippen LogP) is 16.0. The minimum Gasteiger partial charge on any atom is -0.310 e. The Morgan fingerprint density at radius 2 is 1.08 bits per heavy atom. The second-order valence-corrected chi connectivity index (χ2v) is 18.6. The van der Waals surface area contributed by atoms with Crippen LogP contribution in [0, 0.1) is 24.0 Å². The first-order valence-corrected chi connectivity index (χ1v) is 22.4. The first kappa shape index (κ1) is 36.3. The predicted molar refractivity (Wildman–Crippen MR) is 247 cm³/mol. The standard InChI is InChI=1S/C58H53N/c1-58(2)56-37-48(46-17-15-42(16-18-46)40-9-5-3-6-10-40)27-33-53(56)54-34-32-52(38-57(54)58)59(50-28-23-44(24-29-50)41-11-7-4-8-12-41)51-30-25-45(26-31-51)43-19-21-47(22-20-43)55-36-39-13-14-49(55)35-39/h3,5,9,15-34,37-39,41,49,55H,4,7-8,11-14,35-36H2,1-2H3. The maximum Gasteiger partial charge on any atom is 0.0465 e. The van der Waals surface area contributed by atoms with Crippen LogP contribution in [-0.2, 0) is 5.41 Å². The van der Waals surface area contributed by atoms with Crippen LogP contribution in [0.25, 0.3) is 44.5 Å².